The second kappa shape index (κ2) is 6.29. The molecule has 109 valence electrons. The van der Waals surface area contributed by atoms with Crippen LogP contribution in [0.5, 0.6) is 0 Å². The molecule has 2 saturated heterocycles. The Balaban J connectivity index is 1.65. The maximum Gasteiger partial charge on any atom is 0.136 e. The lowest BCUT2D eigenvalue weighted by molar-refractivity contribution is 0.148. The van der Waals surface area contributed by atoms with Gasteiger partial charge in [0.25, 0.3) is 0 Å². The Labute approximate surface area is 126 Å². The fourth-order valence-electron chi connectivity index (χ4n) is 2.86. The van der Waals surface area contributed by atoms with Gasteiger partial charge in [-0.25, -0.2) is 4.98 Å². The van der Waals surface area contributed by atoms with Crippen LogP contribution >= 0.6 is 11.6 Å². The molecule has 1 aromatic heterocycles. The first-order valence-electron chi connectivity index (χ1n) is 7.45. The number of nitrogens with zero attached hydrogens (tertiary/aromatic N) is 4. The summed E-state index contributed by atoms with van der Waals surface area (Å²) >= 11 is 6.35. The van der Waals surface area contributed by atoms with Crippen LogP contribution in [0.25, 0.3) is 0 Å². The van der Waals surface area contributed by atoms with Crippen molar-refractivity contribution in [3.63, 3.8) is 0 Å². The zero-order valence-corrected chi connectivity index (χ0v) is 12.9. The minimum atomic E-state index is 0.619. The van der Waals surface area contributed by atoms with Crippen molar-refractivity contribution >= 4 is 17.4 Å². The molecular formula is C15H22ClN4. The van der Waals surface area contributed by atoms with Crippen LogP contribution in [0.4, 0.5) is 5.82 Å². The maximum atomic E-state index is 6.35. The molecular weight excluding hydrogens is 272 g/mol. The largest absolute Gasteiger partial charge is 0.357 e. The third-order valence-corrected chi connectivity index (χ3v) is 4.56. The second-order valence-corrected chi connectivity index (χ2v) is 6.16. The Kier molecular flexibility index (Phi) is 4.44. The Morgan fingerprint density at radius 3 is 2.50 bits per heavy atom. The van der Waals surface area contributed by atoms with Crippen LogP contribution in [0.15, 0.2) is 6.07 Å². The first-order chi connectivity index (χ1) is 9.72. The van der Waals surface area contributed by atoms with E-state index in [0.29, 0.717) is 5.15 Å². The molecule has 0 atom stereocenters. The number of pyridine rings is 1. The Morgan fingerprint density at radius 2 is 1.85 bits per heavy atom. The molecule has 5 heteroatoms. The third kappa shape index (κ3) is 3.25. The van der Waals surface area contributed by atoms with Crippen molar-refractivity contribution in [3.8, 4) is 0 Å². The molecule has 0 amide bonds. The van der Waals surface area contributed by atoms with E-state index in [-0.39, 0.29) is 0 Å². The molecule has 1 aromatic rings. The summed E-state index contributed by atoms with van der Waals surface area (Å²) in [6.45, 7) is 7.47. The van der Waals surface area contributed by atoms with E-state index in [1.165, 1.54) is 12.8 Å². The molecule has 2 aliphatic heterocycles. The van der Waals surface area contributed by atoms with Crippen molar-refractivity contribution in [2.24, 2.45) is 0 Å². The summed E-state index contributed by atoms with van der Waals surface area (Å²) < 4.78 is 0. The van der Waals surface area contributed by atoms with E-state index in [4.69, 9.17) is 11.6 Å². The minimum absolute atomic E-state index is 0.619. The summed E-state index contributed by atoms with van der Waals surface area (Å²) in [6, 6.07) is 5.35. The minimum Gasteiger partial charge on any atom is -0.357 e. The van der Waals surface area contributed by atoms with Crippen molar-refractivity contribution in [1.29, 1.82) is 0 Å². The van der Waals surface area contributed by atoms with Crippen molar-refractivity contribution < 1.29 is 0 Å². The lowest BCUT2D eigenvalue weighted by Crippen LogP contribution is -2.43. The lowest BCUT2D eigenvalue weighted by atomic mass is 10.2. The summed E-state index contributed by atoms with van der Waals surface area (Å²) in [5.74, 6) is 0.981. The number of anilines is 1. The smallest absolute Gasteiger partial charge is 0.136 e. The number of hydrogen-bond acceptors (Lipinski definition) is 4. The van der Waals surface area contributed by atoms with Gasteiger partial charge in [0, 0.05) is 51.4 Å². The second-order valence-electron chi connectivity index (χ2n) is 5.80. The summed E-state index contributed by atoms with van der Waals surface area (Å²) in [7, 11) is 2.17. The van der Waals surface area contributed by atoms with E-state index in [0.717, 1.165) is 57.2 Å². The van der Waals surface area contributed by atoms with Gasteiger partial charge in [0.15, 0.2) is 0 Å². The quantitative estimate of drug-likeness (QED) is 0.794. The molecule has 3 rings (SSSR count). The molecule has 0 saturated carbocycles. The molecule has 2 fully saturated rings. The van der Waals surface area contributed by atoms with Crippen molar-refractivity contribution in [2.75, 3.05) is 51.2 Å². The summed E-state index contributed by atoms with van der Waals surface area (Å²) in [6.07, 6.45) is 2.50. The monoisotopic (exact) mass is 293 g/mol. The van der Waals surface area contributed by atoms with Gasteiger partial charge in [-0.2, -0.15) is 0 Å². The van der Waals surface area contributed by atoms with Crippen LogP contribution < -0.4 is 4.90 Å². The van der Waals surface area contributed by atoms with E-state index in [9.17, 15) is 0 Å². The van der Waals surface area contributed by atoms with Gasteiger partial charge in [0.05, 0.1) is 0 Å². The molecule has 0 unspecified atom stereocenters. The predicted molar refractivity (Wildman–Crippen MR) is 82.3 cm³/mol. The fourth-order valence-corrected chi connectivity index (χ4v) is 3.06. The first kappa shape index (κ1) is 14.1. The number of halogens is 1. The van der Waals surface area contributed by atoms with E-state index < -0.39 is 0 Å². The number of rotatable bonds is 3. The number of aromatic nitrogens is 1. The van der Waals surface area contributed by atoms with Gasteiger partial charge in [-0.3, -0.25) is 4.90 Å². The molecule has 0 N–H and O–H groups in total. The zero-order valence-electron chi connectivity index (χ0n) is 12.1. The summed E-state index contributed by atoms with van der Waals surface area (Å²) in [5.41, 5.74) is 1.03. The maximum absolute atomic E-state index is 6.35. The van der Waals surface area contributed by atoms with Gasteiger partial charge < -0.3 is 9.80 Å². The highest BCUT2D eigenvalue weighted by molar-refractivity contribution is 6.30. The Morgan fingerprint density at radius 1 is 1.15 bits per heavy atom. The van der Waals surface area contributed by atoms with Crippen molar-refractivity contribution in [1.82, 2.24) is 14.8 Å². The van der Waals surface area contributed by atoms with Gasteiger partial charge in [-0.1, -0.05) is 11.6 Å². The Bertz CT molecular complexity index is 451. The van der Waals surface area contributed by atoms with Crippen LogP contribution in [-0.2, 0) is 6.54 Å². The predicted octanol–water partition coefficient (Wildman–Crippen LogP) is 1.88. The Hall–Kier alpha value is -0.840. The highest BCUT2D eigenvalue weighted by Gasteiger charge is 2.18. The third-order valence-electron chi connectivity index (χ3n) is 4.24. The molecule has 4 nitrogen and oxygen atoms in total. The van der Waals surface area contributed by atoms with E-state index in [1.807, 2.05) is 6.07 Å². The van der Waals surface area contributed by atoms with Crippen LogP contribution in [0, 0.1) is 6.07 Å². The number of piperazine rings is 1. The van der Waals surface area contributed by atoms with Crippen LogP contribution in [0.2, 0.25) is 5.15 Å². The molecule has 2 aliphatic rings. The van der Waals surface area contributed by atoms with Crippen molar-refractivity contribution in [3.05, 3.63) is 22.8 Å². The van der Waals surface area contributed by atoms with Crippen LogP contribution in [0.1, 0.15) is 18.4 Å². The molecule has 0 spiro atoms. The fraction of sp³-hybridized carbons (Fsp3) is 0.667. The van der Waals surface area contributed by atoms with E-state index in [1.54, 1.807) is 0 Å². The van der Waals surface area contributed by atoms with Gasteiger partial charge in [-0.15, -0.1) is 0 Å². The highest BCUT2D eigenvalue weighted by atomic mass is 35.5. The average molecular weight is 294 g/mol. The molecule has 20 heavy (non-hydrogen) atoms. The normalized spacial score (nSPS) is 21.6. The molecule has 0 bridgehead atoms. The average Bonchev–Trinajstić information content (AvgIpc) is 2.97. The van der Waals surface area contributed by atoms with Gasteiger partial charge >= 0.3 is 0 Å². The highest BCUT2D eigenvalue weighted by Crippen LogP contribution is 2.23. The molecule has 1 radical (unpaired) electrons. The van der Waals surface area contributed by atoms with Crippen LogP contribution in [0.3, 0.4) is 0 Å². The van der Waals surface area contributed by atoms with E-state index in [2.05, 4.69) is 32.8 Å². The van der Waals surface area contributed by atoms with Crippen LogP contribution in [-0.4, -0.2) is 61.1 Å². The number of hydrogen-bond donors (Lipinski definition) is 0. The number of likely N-dealkylation sites (N-methyl/N-ethyl adjacent to an activating group) is 1. The SMILES string of the molecule is CN1CCN(Cc2[c]cc(N3CCCC3)nc2Cl)CC1. The van der Waals surface area contributed by atoms with Gasteiger partial charge in [-0.05, 0) is 32.0 Å². The summed E-state index contributed by atoms with van der Waals surface area (Å²) in [5, 5.41) is 0.619. The molecule has 0 aliphatic carbocycles. The zero-order chi connectivity index (χ0) is 13.9. The van der Waals surface area contributed by atoms with Gasteiger partial charge in [0.2, 0.25) is 0 Å². The lowest BCUT2D eigenvalue weighted by Gasteiger charge is -2.32. The first-order valence-corrected chi connectivity index (χ1v) is 7.83. The van der Waals surface area contributed by atoms with E-state index >= 15 is 0 Å². The standard InChI is InChI=1S/C15H22ClN4/c1-18-8-10-19(11-9-18)12-13-4-5-14(17-15(13)16)20-6-2-3-7-20/h5H,2-3,6-12H2,1H3. The molecule has 0 aromatic carbocycles. The topological polar surface area (TPSA) is 22.6 Å². The molecule has 3 heterocycles. The summed E-state index contributed by atoms with van der Waals surface area (Å²) in [4.78, 5) is 11.6. The van der Waals surface area contributed by atoms with Crippen molar-refractivity contribution in [2.45, 2.75) is 19.4 Å². The van der Waals surface area contributed by atoms with Gasteiger partial charge in [0.1, 0.15) is 11.0 Å².